The predicted octanol–water partition coefficient (Wildman–Crippen LogP) is 1.95. The molecule has 118 valence electrons. The number of rotatable bonds is 5. The third-order valence-corrected chi connectivity index (χ3v) is 2.11. The molecule has 0 aliphatic rings. The zero-order valence-corrected chi connectivity index (χ0v) is 11.8. The minimum Gasteiger partial charge on any atom is -0.444 e. The number of nitro groups is 1. The standard InChI is InChI=1S/C11H16F2N4O4/c1-10(2,3)21-9(18)14-6-11(12,13)7-16-5-8(4-15-16)17(19)20/h4-5H,6-7H2,1-3H3,(H,14,18). The van der Waals surface area contributed by atoms with Gasteiger partial charge in [0.2, 0.25) is 0 Å². The van der Waals surface area contributed by atoms with Crippen LogP contribution in [0.15, 0.2) is 12.4 Å². The lowest BCUT2D eigenvalue weighted by Gasteiger charge is -2.21. The number of hydrogen-bond donors (Lipinski definition) is 1. The Morgan fingerprint density at radius 3 is 2.62 bits per heavy atom. The Kier molecular flexibility index (Phi) is 4.81. The summed E-state index contributed by atoms with van der Waals surface area (Å²) < 4.78 is 32.8. The van der Waals surface area contributed by atoms with Crippen LogP contribution in [0.4, 0.5) is 19.3 Å². The van der Waals surface area contributed by atoms with Gasteiger partial charge in [-0.2, -0.15) is 5.10 Å². The van der Waals surface area contributed by atoms with E-state index in [2.05, 4.69) is 5.10 Å². The number of carbonyl (C=O) groups excluding carboxylic acids is 1. The summed E-state index contributed by atoms with van der Waals surface area (Å²) in [6, 6.07) is 0. The monoisotopic (exact) mass is 306 g/mol. The molecule has 1 N–H and O–H groups in total. The van der Waals surface area contributed by atoms with Crippen molar-refractivity contribution >= 4 is 11.8 Å². The molecule has 1 amide bonds. The lowest BCUT2D eigenvalue weighted by Crippen LogP contribution is -2.41. The van der Waals surface area contributed by atoms with E-state index in [0.29, 0.717) is 0 Å². The molecule has 0 unspecified atom stereocenters. The van der Waals surface area contributed by atoms with Crippen LogP contribution in [-0.2, 0) is 11.3 Å². The summed E-state index contributed by atoms with van der Waals surface area (Å²) in [6.45, 7) is 2.96. The first-order chi connectivity index (χ1) is 9.48. The van der Waals surface area contributed by atoms with E-state index in [0.717, 1.165) is 17.1 Å². The Hall–Kier alpha value is -2.26. The third-order valence-electron chi connectivity index (χ3n) is 2.11. The summed E-state index contributed by atoms with van der Waals surface area (Å²) in [5, 5.41) is 15.8. The number of carbonyl (C=O) groups is 1. The number of ether oxygens (including phenoxy) is 1. The van der Waals surface area contributed by atoms with E-state index in [9.17, 15) is 23.7 Å². The van der Waals surface area contributed by atoms with Crippen LogP contribution >= 0.6 is 0 Å². The van der Waals surface area contributed by atoms with Crippen molar-refractivity contribution in [1.29, 1.82) is 0 Å². The first-order valence-corrected chi connectivity index (χ1v) is 6.00. The highest BCUT2D eigenvalue weighted by Crippen LogP contribution is 2.17. The summed E-state index contributed by atoms with van der Waals surface area (Å²) in [4.78, 5) is 21.0. The maximum atomic E-state index is 13.6. The van der Waals surface area contributed by atoms with E-state index in [1.807, 2.05) is 5.32 Å². The van der Waals surface area contributed by atoms with Gasteiger partial charge < -0.3 is 10.1 Å². The zero-order valence-electron chi connectivity index (χ0n) is 11.8. The van der Waals surface area contributed by atoms with Crippen molar-refractivity contribution in [2.24, 2.45) is 0 Å². The molecule has 0 fully saturated rings. The Morgan fingerprint density at radius 1 is 1.52 bits per heavy atom. The van der Waals surface area contributed by atoms with Gasteiger partial charge in [-0.25, -0.2) is 13.6 Å². The fraction of sp³-hybridized carbons (Fsp3) is 0.636. The maximum Gasteiger partial charge on any atom is 0.407 e. The average Bonchev–Trinajstić information content (AvgIpc) is 2.72. The third kappa shape index (κ3) is 6.15. The van der Waals surface area contributed by atoms with Gasteiger partial charge in [0.15, 0.2) is 0 Å². The highest BCUT2D eigenvalue weighted by molar-refractivity contribution is 5.67. The predicted molar refractivity (Wildman–Crippen MR) is 68.1 cm³/mol. The maximum absolute atomic E-state index is 13.6. The quantitative estimate of drug-likeness (QED) is 0.662. The Balaban J connectivity index is 2.53. The van der Waals surface area contributed by atoms with Crippen molar-refractivity contribution in [3.05, 3.63) is 22.5 Å². The first kappa shape index (κ1) is 16.8. The number of aromatic nitrogens is 2. The average molecular weight is 306 g/mol. The van der Waals surface area contributed by atoms with Crippen LogP contribution in [0.1, 0.15) is 20.8 Å². The van der Waals surface area contributed by atoms with E-state index in [1.54, 1.807) is 20.8 Å². The SMILES string of the molecule is CC(C)(C)OC(=O)NCC(F)(F)Cn1cc([N+](=O)[O-])cn1. The first-order valence-electron chi connectivity index (χ1n) is 6.00. The van der Waals surface area contributed by atoms with Gasteiger partial charge in [0.05, 0.1) is 11.5 Å². The summed E-state index contributed by atoms with van der Waals surface area (Å²) in [5.74, 6) is -3.32. The smallest absolute Gasteiger partial charge is 0.407 e. The van der Waals surface area contributed by atoms with Gasteiger partial charge in [-0.3, -0.25) is 14.8 Å². The molecule has 0 aliphatic carbocycles. The topological polar surface area (TPSA) is 99.3 Å². The molecular weight excluding hydrogens is 290 g/mol. The molecule has 0 bridgehead atoms. The van der Waals surface area contributed by atoms with Crippen LogP contribution in [0.25, 0.3) is 0 Å². The van der Waals surface area contributed by atoms with Crippen LogP contribution in [0, 0.1) is 10.1 Å². The van der Waals surface area contributed by atoms with Crippen molar-refractivity contribution in [2.45, 2.75) is 38.8 Å². The van der Waals surface area contributed by atoms with Crippen molar-refractivity contribution in [3.63, 3.8) is 0 Å². The molecule has 8 nitrogen and oxygen atoms in total. The van der Waals surface area contributed by atoms with Gasteiger partial charge >= 0.3 is 11.8 Å². The van der Waals surface area contributed by atoms with Crippen LogP contribution < -0.4 is 5.32 Å². The van der Waals surface area contributed by atoms with E-state index < -0.39 is 35.6 Å². The van der Waals surface area contributed by atoms with E-state index in [-0.39, 0.29) is 5.69 Å². The highest BCUT2D eigenvalue weighted by atomic mass is 19.3. The number of alkyl carbamates (subject to hydrolysis) is 1. The molecule has 10 heteroatoms. The number of amides is 1. The molecule has 0 radical (unpaired) electrons. The number of nitrogens with zero attached hydrogens (tertiary/aromatic N) is 3. The van der Waals surface area contributed by atoms with Gasteiger partial charge in [0, 0.05) is 0 Å². The summed E-state index contributed by atoms with van der Waals surface area (Å²) in [5.41, 5.74) is -1.17. The molecule has 1 rings (SSSR count). The van der Waals surface area contributed by atoms with Crippen molar-refractivity contribution < 1.29 is 23.2 Å². The molecule has 0 spiro atoms. The van der Waals surface area contributed by atoms with Crippen LogP contribution in [0.2, 0.25) is 0 Å². The second kappa shape index (κ2) is 6.02. The highest BCUT2D eigenvalue weighted by Gasteiger charge is 2.32. The Bertz CT molecular complexity index is 525. The number of halogens is 2. The zero-order chi connectivity index (χ0) is 16.3. The lowest BCUT2D eigenvalue weighted by atomic mass is 10.2. The van der Waals surface area contributed by atoms with Gasteiger partial charge in [-0.05, 0) is 20.8 Å². The Labute approximate surface area is 119 Å². The normalized spacial score (nSPS) is 12.0. The molecule has 1 aromatic rings. The van der Waals surface area contributed by atoms with Crippen LogP contribution in [0.5, 0.6) is 0 Å². The summed E-state index contributed by atoms with van der Waals surface area (Å²) >= 11 is 0. The lowest BCUT2D eigenvalue weighted by molar-refractivity contribution is -0.385. The van der Waals surface area contributed by atoms with E-state index in [4.69, 9.17) is 4.74 Å². The second-order valence-electron chi connectivity index (χ2n) is 5.36. The molecular formula is C11H16F2N4O4. The second-order valence-corrected chi connectivity index (χ2v) is 5.36. The molecule has 0 saturated carbocycles. The molecule has 21 heavy (non-hydrogen) atoms. The molecule has 0 atom stereocenters. The summed E-state index contributed by atoms with van der Waals surface area (Å²) in [7, 11) is 0. The largest absolute Gasteiger partial charge is 0.444 e. The molecule has 0 aromatic carbocycles. The number of nitrogens with one attached hydrogen (secondary N) is 1. The van der Waals surface area contributed by atoms with Gasteiger partial charge in [-0.15, -0.1) is 0 Å². The summed E-state index contributed by atoms with van der Waals surface area (Å²) in [6.07, 6.45) is 0.798. The minimum atomic E-state index is -3.32. The van der Waals surface area contributed by atoms with Crippen molar-refractivity contribution in [2.75, 3.05) is 6.54 Å². The van der Waals surface area contributed by atoms with Crippen molar-refractivity contribution in [3.8, 4) is 0 Å². The molecule has 1 aromatic heterocycles. The molecule has 0 saturated heterocycles. The van der Waals surface area contributed by atoms with Gasteiger partial charge in [0.1, 0.15) is 24.5 Å². The van der Waals surface area contributed by atoms with E-state index >= 15 is 0 Å². The fourth-order valence-corrected chi connectivity index (χ4v) is 1.34. The fourth-order valence-electron chi connectivity index (χ4n) is 1.34. The minimum absolute atomic E-state index is 0.383. The van der Waals surface area contributed by atoms with Crippen molar-refractivity contribution in [1.82, 2.24) is 15.1 Å². The van der Waals surface area contributed by atoms with Gasteiger partial charge in [0.25, 0.3) is 5.92 Å². The van der Waals surface area contributed by atoms with E-state index in [1.165, 1.54) is 0 Å². The number of alkyl halides is 2. The molecule has 0 aliphatic heterocycles. The Morgan fingerprint density at radius 2 is 2.14 bits per heavy atom. The van der Waals surface area contributed by atoms with Gasteiger partial charge in [-0.1, -0.05) is 0 Å². The van der Waals surface area contributed by atoms with Crippen LogP contribution in [0.3, 0.4) is 0 Å². The van der Waals surface area contributed by atoms with Crippen LogP contribution in [-0.4, -0.2) is 38.9 Å². The number of hydrogen-bond acceptors (Lipinski definition) is 5. The molecule has 1 heterocycles.